The lowest BCUT2D eigenvalue weighted by molar-refractivity contribution is 0.659. The Morgan fingerprint density at radius 2 is 2.18 bits per heavy atom. The lowest BCUT2D eigenvalue weighted by atomic mass is 10.3. The standard InChI is InChI=1S/C8H15N3/c1-8(4-5-8)11-7(9)10-6-2-3-6/h6H,2-5H2,1H3,(H3,9,10,11). The topological polar surface area (TPSA) is 50.4 Å². The van der Waals surface area contributed by atoms with Gasteiger partial charge in [0.05, 0.1) is 6.04 Å². The minimum absolute atomic E-state index is 0.280. The van der Waals surface area contributed by atoms with Crippen LogP contribution in [0.3, 0.4) is 0 Å². The van der Waals surface area contributed by atoms with Gasteiger partial charge in [0.2, 0.25) is 0 Å². The monoisotopic (exact) mass is 153 g/mol. The quantitative estimate of drug-likeness (QED) is 0.451. The molecule has 62 valence electrons. The Hall–Kier alpha value is -0.730. The molecule has 2 saturated carbocycles. The van der Waals surface area contributed by atoms with Crippen molar-refractivity contribution in [2.45, 2.75) is 44.2 Å². The maximum Gasteiger partial charge on any atom is 0.189 e. The Morgan fingerprint density at radius 3 is 2.64 bits per heavy atom. The molecule has 2 rings (SSSR count). The van der Waals surface area contributed by atoms with E-state index in [4.69, 9.17) is 5.73 Å². The zero-order valence-electron chi connectivity index (χ0n) is 6.93. The molecule has 0 amide bonds. The molecule has 3 heteroatoms. The highest BCUT2D eigenvalue weighted by Crippen LogP contribution is 2.34. The van der Waals surface area contributed by atoms with Crippen molar-refractivity contribution < 1.29 is 0 Å². The van der Waals surface area contributed by atoms with Crippen LogP contribution in [0.2, 0.25) is 0 Å². The Kier molecular flexibility index (Phi) is 1.34. The molecule has 0 spiro atoms. The van der Waals surface area contributed by atoms with Crippen molar-refractivity contribution >= 4 is 5.96 Å². The molecule has 3 N–H and O–H groups in total. The van der Waals surface area contributed by atoms with Gasteiger partial charge in [-0.2, -0.15) is 0 Å². The fourth-order valence-electron chi connectivity index (χ4n) is 1.05. The lowest BCUT2D eigenvalue weighted by Crippen LogP contribution is -2.40. The largest absolute Gasteiger partial charge is 0.370 e. The molecule has 2 fully saturated rings. The van der Waals surface area contributed by atoms with Gasteiger partial charge in [-0.15, -0.1) is 0 Å². The minimum Gasteiger partial charge on any atom is -0.370 e. The van der Waals surface area contributed by atoms with Crippen molar-refractivity contribution in [2.24, 2.45) is 10.7 Å². The summed E-state index contributed by atoms with van der Waals surface area (Å²) in [5.74, 6) is 0.646. The van der Waals surface area contributed by atoms with Gasteiger partial charge in [0.1, 0.15) is 0 Å². The molecule has 0 unspecified atom stereocenters. The molecule has 0 saturated heterocycles. The van der Waals surface area contributed by atoms with Gasteiger partial charge in [-0.1, -0.05) is 0 Å². The molecule has 0 heterocycles. The number of nitrogens with zero attached hydrogens (tertiary/aromatic N) is 1. The van der Waals surface area contributed by atoms with Crippen LogP contribution >= 0.6 is 0 Å². The predicted octanol–water partition coefficient (Wildman–Crippen LogP) is 0.606. The van der Waals surface area contributed by atoms with Crippen LogP contribution in [0, 0.1) is 0 Å². The molecule has 2 aliphatic rings. The maximum absolute atomic E-state index is 5.68. The Bertz CT molecular complexity index is 190. The molecule has 0 aromatic heterocycles. The third-order valence-corrected chi connectivity index (χ3v) is 2.30. The van der Waals surface area contributed by atoms with Crippen LogP contribution in [0.15, 0.2) is 4.99 Å². The number of aliphatic imine (C=N–C) groups is 1. The van der Waals surface area contributed by atoms with E-state index in [1.165, 1.54) is 25.7 Å². The average molecular weight is 153 g/mol. The highest BCUT2D eigenvalue weighted by atomic mass is 15.2. The molecule has 0 aromatic rings. The van der Waals surface area contributed by atoms with Gasteiger partial charge in [0.25, 0.3) is 0 Å². The Morgan fingerprint density at radius 1 is 1.55 bits per heavy atom. The van der Waals surface area contributed by atoms with E-state index in [-0.39, 0.29) is 5.54 Å². The summed E-state index contributed by atoms with van der Waals surface area (Å²) < 4.78 is 0. The lowest BCUT2D eigenvalue weighted by Gasteiger charge is -2.11. The first kappa shape index (κ1) is 6.95. The second-order valence-electron chi connectivity index (χ2n) is 3.93. The van der Waals surface area contributed by atoms with Crippen molar-refractivity contribution in [1.29, 1.82) is 0 Å². The normalized spacial score (nSPS) is 28.3. The summed E-state index contributed by atoms with van der Waals surface area (Å²) in [6, 6.07) is 0.532. The molecule has 0 bridgehead atoms. The number of nitrogens with two attached hydrogens (primary N) is 1. The van der Waals surface area contributed by atoms with Gasteiger partial charge in [0, 0.05) is 5.54 Å². The van der Waals surface area contributed by atoms with E-state index in [1.807, 2.05) is 0 Å². The van der Waals surface area contributed by atoms with E-state index in [2.05, 4.69) is 17.2 Å². The van der Waals surface area contributed by atoms with E-state index < -0.39 is 0 Å². The van der Waals surface area contributed by atoms with E-state index >= 15 is 0 Å². The summed E-state index contributed by atoms with van der Waals surface area (Å²) in [6.07, 6.45) is 4.90. The van der Waals surface area contributed by atoms with Crippen LogP contribution in [-0.2, 0) is 0 Å². The van der Waals surface area contributed by atoms with Gasteiger partial charge >= 0.3 is 0 Å². The van der Waals surface area contributed by atoms with Crippen LogP contribution in [0.5, 0.6) is 0 Å². The molecule has 0 aromatic carbocycles. The zero-order valence-corrected chi connectivity index (χ0v) is 6.93. The molecule has 11 heavy (non-hydrogen) atoms. The number of rotatable bonds is 2. The fourth-order valence-corrected chi connectivity index (χ4v) is 1.05. The number of hydrogen-bond donors (Lipinski definition) is 2. The van der Waals surface area contributed by atoms with E-state index in [0.717, 1.165) is 0 Å². The second-order valence-corrected chi connectivity index (χ2v) is 3.93. The van der Waals surface area contributed by atoms with Crippen molar-refractivity contribution in [3.63, 3.8) is 0 Å². The third-order valence-electron chi connectivity index (χ3n) is 2.30. The maximum atomic E-state index is 5.68. The van der Waals surface area contributed by atoms with Crippen LogP contribution < -0.4 is 11.1 Å². The summed E-state index contributed by atoms with van der Waals surface area (Å²) in [5.41, 5.74) is 5.96. The molecule has 0 aliphatic heterocycles. The van der Waals surface area contributed by atoms with E-state index in [1.54, 1.807) is 0 Å². The first-order chi connectivity index (χ1) is 5.18. The summed E-state index contributed by atoms with van der Waals surface area (Å²) in [6.45, 7) is 2.18. The van der Waals surface area contributed by atoms with Crippen LogP contribution in [-0.4, -0.2) is 17.5 Å². The van der Waals surface area contributed by atoms with E-state index in [9.17, 15) is 0 Å². The number of guanidine groups is 1. The van der Waals surface area contributed by atoms with Crippen LogP contribution in [0.4, 0.5) is 0 Å². The number of hydrogen-bond acceptors (Lipinski definition) is 1. The van der Waals surface area contributed by atoms with Gasteiger partial charge in [0.15, 0.2) is 5.96 Å². The smallest absolute Gasteiger partial charge is 0.189 e. The zero-order chi connectivity index (χ0) is 7.90. The van der Waals surface area contributed by atoms with Gasteiger partial charge in [-0.05, 0) is 32.6 Å². The predicted molar refractivity (Wildman–Crippen MR) is 45.4 cm³/mol. The van der Waals surface area contributed by atoms with Crippen molar-refractivity contribution in [2.75, 3.05) is 0 Å². The highest BCUT2D eigenvalue weighted by molar-refractivity contribution is 5.79. The summed E-state index contributed by atoms with van der Waals surface area (Å²) >= 11 is 0. The van der Waals surface area contributed by atoms with Crippen molar-refractivity contribution in [3.8, 4) is 0 Å². The highest BCUT2D eigenvalue weighted by Gasteiger charge is 2.37. The van der Waals surface area contributed by atoms with E-state index in [0.29, 0.717) is 12.0 Å². The second kappa shape index (κ2) is 2.13. The van der Waals surface area contributed by atoms with Gasteiger partial charge in [-0.3, -0.25) is 4.99 Å². The third kappa shape index (κ3) is 1.85. The Balaban J connectivity index is 1.84. The average Bonchev–Trinajstić information content (AvgIpc) is 2.72. The van der Waals surface area contributed by atoms with Crippen molar-refractivity contribution in [1.82, 2.24) is 5.32 Å². The summed E-state index contributed by atoms with van der Waals surface area (Å²) in [4.78, 5) is 4.30. The molecular weight excluding hydrogens is 138 g/mol. The minimum atomic E-state index is 0.280. The van der Waals surface area contributed by atoms with Gasteiger partial charge < -0.3 is 11.1 Å². The SMILES string of the molecule is CC1(NC(N)=NC2CC2)CC1. The number of nitrogens with one attached hydrogen (secondary N) is 1. The Labute approximate surface area is 67.1 Å². The molecule has 0 atom stereocenters. The summed E-state index contributed by atoms with van der Waals surface area (Å²) in [5, 5.41) is 3.23. The summed E-state index contributed by atoms with van der Waals surface area (Å²) in [7, 11) is 0. The molecule has 0 radical (unpaired) electrons. The van der Waals surface area contributed by atoms with Crippen LogP contribution in [0.25, 0.3) is 0 Å². The van der Waals surface area contributed by atoms with Crippen LogP contribution in [0.1, 0.15) is 32.6 Å². The first-order valence-electron chi connectivity index (χ1n) is 4.29. The molecule has 3 nitrogen and oxygen atoms in total. The van der Waals surface area contributed by atoms with Gasteiger partial charge in [-0.25, -0.2) is 0 Å². The first-order valence-corrected chi connectivity index (χ1v) is 4.29. The molecule has 2 aliphatic carbocycles. The van der Waals surface area contributed by atoms with Crippen molar-refractivity contribution in [3.05, 3.63) is 0 Å². The fraction of sp³-hybridized carbons (Fsp3) is 0.875. The molecular formula is C8H15N3.